The normalized spacial score (nSPS) is 19.6. The van der Waals surface area contributed by atoms with Crippen LogP contribution < -0.4 is 4.90 Å². The van der Waals surface area contributed by atoms with Gasteiger partial charge in [-0.3, -0.25) is 4.90 Å². The van der Waals surface area contributed by atoms with Gasteiger partial charge in [0.1, 0.15) is 12.1 Å². The van der Waals surface area contributed by atoms with Crippen molar-refractivity contribution in [2.24, 2.45) is 0 Å². The van der Waals surface area contributed by atoms with E-state index < -0.39 is 0 Å². The summed E-state index contributed by atoms with van der Waals surface area (Å²) in [5.74, 6) is 2.93. The second-order valence-corrected chi connectivity index (χ2v) is 7.30. The number of rotatable bonds is 5. The van der Waals surface area contributed by atoms with Crippen LogP contribution in [0.2, 0.25) is 0 Å². The number of piperazine rings is 1. The van der Waals surface area contributed by atoms with Crippen molar-refractivity contribution in [2.75, 3.05) is 44.3 Å². The molecule has 0 saturated carbocycles. The van der Waals surface area contributed by atoms with E-state index >= 15 is 0 Å². The van der Waals surface area contributed by atoms with Crippen LogP contribution in [0.3, 0.4) is 0 Å². The lowest BCUT2D eigenvalue weighted by Crippen LogP contribution is -2.46. The molecule has 8 nitrogen and oxygen atoms in total. The number of hydrogen-bond acceptors (Lipinski definition) is 8. The van der Waals surface area contributed by atoms with Crippen LogP contribution in [0.15, 0.2) is 10.7 Å². The molecule has 0 amide bonds. The number of ether oxygens (including phenoxy) is 1. The minimum absolute atomic E-state index is 0.352. The molecule has 2 aliphatic heterocycles. The molecule has 2 saturated heterocycles. The highest BCUT2D eigenvalue weighted by Gasteiger charge is 2.24. The van der Waals surface area contributed by atoms with Gasteiger partial charge in [-0.2, -0.15) is 0 Å². The maximum Gasteiger partial charge on any atom is 0.230 e. The van der Waals surface area contributed by atoms with Gasteiger partial charge in [-0.1, -0.05) is 6.92 Å². The van der Waals surface area contributed by atoms with Crippen LogP contribution in [-0.2, 0) is 17.7 Å². The zero-order chi connectivity index (χ0) is 18.6. The fourth-order valence-corrected chi connectivity index (χ4v) is 3.92. The number of aromatic nitrogens is 4. The molecule has 0 spiro atoms. The van der Waals surface area contributed by atoms with Gasteiger partial charge in [-0.15, -0.1) is 10.2 Å². The summed E-state index contributed by atoms with van der Waals surface area (Å²) in [5, 5.41) is 8.54. The van der Waals surface area contributed by atoms with E-state index in [1.54, 1.807) is 6.33 Å². The highest BCUT2D eigenvalue weighted by molar-refractivity contribution is 5.48. The summed E-state index contributed by atoms with van der Waals surface area (Å²) in [4.78, 5) is 13.6. The van der Waals surface area contributed by atoms with Crippen LogP contribution in [0.4, 0.5) is 5.82 Å². The van der Waals surface area contributed by atoms with Gasteiger partial charge < -0.3 is 14.1 Å². The topological polar surface area (TPSA) is 80.4 Å². The lowest BCUT2D eigenvalue weighted by atomic mass is 10.0. The Kier molecular flexibility index (Phi) is 5.63. The molecule has 0 aromatic carbocycles. The lowest BCUT2D eigenvalue weighted by Gasteiger charge is -2.35. The van der Waals surface area contributed by atoms with Gasteiger partial charge in [-0.25, -0.2) is 9.97 Å². The number of nitrogens with zero attached hydrogens (tertiary/aromatic N) is 6. The van der Waals surface area contributed by atoms with Crippen LogP contribution in [0.25, 0.3) is 0 Å². The van der Waals surface area contributed by atoms with Crippen molar-refractivity contribution in [1.29, 1.82) is 0 Å². The summed E-state index contributed by atoms with van der Waals surface area (Å²) in [6, 6.07) is 0. The molecule has 0 N–H and O–H groups in total. The Bertz CT molecular complexity index is 750. The van der Waals surface area contributed by atoms with Gasteiger partial charge >= 0.3 is 0 Å². The van der Waals surface area contributed by atoms with E-state index in [0.717, 1.165) is 81.9 Å². The molecule has 2 aliphatic rings. The van der Waals surface area contributed by atoms with Gasteiger partial charge in [0.25, 0.3) is 0 Å². The van der Waals surface area contributed by atoms with E-state index in [2.05, 4.69) is 43.8 Å². The highest BCUT2D eigenvalue weighted by Crippen LogP contribution is 2.26. The molecule has 8 heteroatoms. The first-order valence-corrected chi connectivity index (χ1v) is 9.92. The van der Waals surface area contributed by atoms with E-state index in [4.69, 9.17) is 9.15 Å². The quantitative estimate of drug-likeness (QED) is 0.788. The average Bonchev–Trinajstić information content (AvgIpc) is 3.18. The van der Waals surface area contributed by atoms with Gasteiger partial charge in [0.15, 0.2) is 0 Å². The molecule has 27 heavy (non-hydrogen) atoms. The zero-order valence-corrected chi connectivity index (χ0v) is 16.2. The molecule has 2 aromatic rings. The Morgan fingerprint density at radius 1 is 1.07 bits per heavy atom. The zero-order valence-electron chi connectivity index (χ0n) is 16.2. The fourth-order valence-electron chi connectivity index (χ4n) is 3.92. The third kappa shape index (κ3) is 4.11. The molecule has 0 aliphatic carbocycles. The monoisotopic (exact) mass is 372 g/mol. The first kappa shape index (κ1) is 18.3. The van der Waals surface area contributed by atoms with Crippen molar-refractivity contribution in [3.8, 4) is 0 Å². The predicted molar refractivity (Wildman–Crippen MR) is 101 cm³/mol. The number of hydrogen-bond donors (Lipinski definition) is 0. The lowest BCUT2D eigenvalue weighted by molar-refractivity contribution is 0.0788. The maximum absolute atomic E-state index is 5.94. The summed E-state index contributed by atoms with van der Waals surface area (Å²) >= 11 is 0. The standard InChI is InChI=1S/C19H28N6O2/c1-3-16-14(2)20-13-21-18(16)25-8-6-24(7-9-25)12-17-22-23-19(27-17)15-4-10-26-11-5-15/h13,15H,3-12H2,1-2H3. The van der Waals surface area contributed by atoms with Crippen LogP contribution in [-0.4, -0.2) is 64.5 Å². The molecule has 2 fully saturated rings. The van der Waals surface area contributed by atoms with Crippen molar-refractivity contribution < 1.29 is 9.15 Å². The predicted octanol–water partition coefficient (Wildman–Crippen LogP) is 1.95. The van der Waals surface area contributed by atoms with Crippen LogP contribution in [0.1, 0.15) is 48.7 Å². The summed E-state index contributed by atoms with van der Waals surface area (Å²) < 4.78 is 11.3. The first-order valence-electron chi connectivity index (χ1n) is 9.92. The fraction of sp³-hybridized carbons (Fsp3) is 0.684. The maximum atomic E-state index is 5.94. The van der Waals surface area contributed by atoms with Crippen molar-refractivity contribution in [2.45, 2.75) is 45.6 Å². The highest BCUT2D eigenvalue weighted by atomic mass is 16.5. The molecular weight excluding hydrogens is 344 g/mol. The van der Waals surface area contributed by atoms with E-state index in [1.807, 2.05) is 0 Å². The Morgan fingerprint density at radius 2 is 1.85 bits per heavy atom. The first-order chi connectivity index (χ1) is 13.2. The third-order valence-corrected chi connectivity index (χ3v) is 5.58. The Morgan fingerprint density at radius 3 is 2.59 bits per heavy atom. The summed E-state index contributed by atoms with van der Waals surface area (Å²) in [7, 11) is 0. The van der Waals surface area contributed by atoms with Crippen LogP contribution >= 0.6 is 0 Å². The van der Waals surface area contributed by atoms with Crippen molar-refractivity contribution in [1.82, 2.24) is 25.1 Å². The molecule has 0 atom stereocenters. The smallest absolute Gasteiger partial charge is 0.230 e. The Labute approximate surface area is 159 Å². The molecule has 0 radical (unpaired) electrons. The molecule has 4 rings (SSSR count). The summed E-state index contributed by atoms with van der Waals surface area (Å²) in [6.07, 6.45) is 4.57. The van der Waals surface area contributed by atoms with Gasteiger partial charge in [0.05, 0.1) is 6.54 Å². The van der Waals surface area contributed by atoms with E-state index in [0.29, 0.717) is 12.5 Å². The minimum atomic E-state index is 0.352. The largest absolute Gasteiger partial charge is 0.424 e. The number of anilines is 1. The van der Waals surface area contributed by atoms with Crippen molar-refractivity contribution >= 4 is 5.82 Å². The van der Waals surface area contributed by atoms with Crippen LogP contribution in [0.5, 0.6) is 0 Å². The summed E-state index contributed by atoms with van der Waals surface area (Å²) in [5.41, 5.74) is 2.33. The second-order valence-electron chi connectivity index (χ2n) is 7.30. The van der Waals surface area contributed by atoms with Crippen molar-refractivity contribution in [3.63, 3.8) is 0 Å². The van der Waals surface area contributed by atoms with E-state index in [-0.39, 0.29) is 0 Å². The number of aryl methyl sites for hydroxylation is 1. The molecule has 0 bridgehead atoms. The molecular formula is C19H28N6O2. The van der Waals surface area contributed by atoms with Crippen molar-refractivity contribution in [3.05, 3.63) is 29.4 Å². The third-order valence-electron chi connectivity index (χ3n) is 5.58. The molecule has 146 valence electrons. The average molecular weight is 372 g/mol. The SMILES string of the molecule is CCc1c(C)ncnc1N1CCN(Cc2nnc(C3CCOCC3)o2)CC1. The van der Waals surface area contributed by atoms with E-state index in [1.165, 1.54) is 5.56 Å². The van der Waals surface area contributed by atoms with Gasteiger partial charge in [-0.05, 0) is 26.2 Å². The van der Waals surface area contributed by atoms with E-state index in [9.17, 15) is 0 Å². The molecule has 0 unspecified atom stereocenters. The molecule has 4 heterocycles. The Balaban J connectivity index is 1.34. The molecule has 2 aromatic heterocycles. The van der Waals surface area contributed by atoms with Crippen LogP contribution in [0, 0.1) is 6.92 Å². The second kappa shape index (κ2) is 8.31. The summed E-state index contributed by atoms with van der Waals surface area (Å²) in [6.45, 7) is 10.3. The van der Waals surface area contributed by atoms with Gasteiger partial charge in [0, 0.05) is 56.6 Å². The van der Waals surface area contributed by atoms with Gasteiger partial charge in [0.2, 0.25) is 11.8 Å². The Hall–Kier alpha value is -2.06. The minimum Gasteiger partial charge on any atom is -0.424 e.